The SMILES string of the molecule is CC(=O)NCC1CN(c2ccc(-c3ccc(N4CCN(C)CC4)c(=O)cc3)cc2)C(=O)O1. The number of nitrogens with one attached hydrogen (secondary N) is 1. The molecule has 0 bridgehead atoms. The number of hydrogen-bond donors (Lipinski definition) is 1. The molecule has 32 heavy (non-hydrogen) atoms. The summed E-state index contributed by atoms with van der Waals surface area (Å²) in [5.41, 5.74) is 3.36. The molecule has 2 fully saturated rings. The maximum Gasteiger partial charge on any atom is 0.414 e. The van der Waals surface area contributed by atoms with Crippen molar-refractivity contribution >= 4 is 23.4 Å². The maximum atomic E-state index is 12.6. The highest BCUT2D eigenvalue weighted by molar-refractivity contribution is 5.90. The second kappa shape index (κ2) is 9.40. The van der Waals surface area contributed by atoms with Gasteiger partial charge in [-0.3, -0.25) is 14.5 Å². The molecule has 0 spiro atoms. The number of piperazine rings is 1. The molecule has 4 rings (SSSR count). The van der Waals surface area contributed by atoms with Gasteiger partial charge in [0.1, 0.15) is 6.10 Å². The Morgan fingerprint density at radius 3 is 2.25 bits per heavy atom. The summed E-state index contributed by atoms with van der Waals surface area (Å²) in [5.74, 6) is -0.156. The van der Waals surface area contributed by atoms with E-state index in [1.807, 2.05) is 42.5 Å². The van der Waals surface area contributed by atoms with E-state index in [9.17, 15) is 14.4 Å². The predicted molar refractivity (Wildman–Crippen MR) is 124 cm³/mol. The number of carbonyl (C=O) groups excluding carboxylic acids is 2. The zero-order valence-electron chi connectivity index (χ0n) is 18.4. The van der Waals surface area contributed by atoms with Gasteiger partial charge in [-0.25, -0.2) is 4.79 Å². The minimum Gasteiger partial charge on any atom is -0.442 e. The number of rotatable bonds is 5. The highest BCUT2D eigenvalue weighted by atomic mass is 16.6. The average molecular weight is 437 g/mol. The van der Waals surface area contributed by atoms with Crippen molar-refractivity contribution in [3.63, 3.8) is 0 Å². The molecule has 2 aromatic rings. The molecular formula is C24H28N4O4. The van der Waals surface area contributed by atoms with E-state index in [0.717, 1.165) is 48.7 Å². The third-order valence-electron chi connectivity index (χ3n) is 5.90. The Kier molecular flexibility index (Phi) is 6.41. The number of amides is 2. The van der Waals surface area contributed by atoms with Crippen LogP contribution in [0, 0.1) is 0 Å². The van der Waals surface area contributed by atoms with Gasteiger partial charge in [-0.1, -0.05) is 24.3 Å². The summed E-state index contributed by atoms with van der Waals surface area (Å²) in [5, 5.41) is 2.67. The minimum absolute atomic E-state index is 0.0162. The number of carbonyl (C=O) groups is 2. The van der Waals surface area contributed by atoms with Crippen LogP contribution in [0.4, 0.5) is 16.2 Å². The van der Waals surface area contributed by atoms with Gasteiger partial charge in [-0.05, 0) is 42.4 Å². The smallest absolute Gasteiger partial charge is 0.414 e. The molecule has 0 saturated carbocycles. The first-order chi connectivity index (χ1) is 15.4. The van der Waals surface area contributed by atoms with Gasteiger partial charge in [0, 0.05) is 38.8 Å². The number of benzene rings is 1. The summed E-state index contributed by atoms with van der Waals surface area (Å²) < 4.78 is 5.33. The molecule has 2 heterocycles. The quantitative estimate of drug-likeness (QED) is 0.771. The zero-order chi connectivity index (χ0) is 22.7. The first-order valence-corrected chi connectivity index (χ1v) is 10.8. The highest BCUT2D eigenvalue weighted by Crippen LogP contribution is 2.26. The molecule has 0 radical (unpaired) electrons. The van der Waals surface area contributed by atoms with Crippen LogP contribution in [0.15, 0.2) is 53.3 Å². The van der Waals surface area contributed by atoms with E-state index >= 15 is 0 Å². The van der Waals surface area contributed by atoms with Crippen LogP contribution < -0.4 is 20.5 Å². The van der Waals surface area contributed by atoms with Crippen LogP contribution >= 0.6 is 0 Å². The van der Waals surface area contributed by atoms with Crippen molar-refractivity contribution in [1.29, 1.82) is 0 Å². The molecule has 1 atom stereocenters. The van der Waals surface area contributed by atoms with E-state index in [-0.39, 0.29) is 17.4 Å². The number of ether oxygens (including phenoxy) is 1. The van der Waals surface area contributed by atoms with Crippen molar-refractivity contribution in [3.05, 3.63) is 58.8 Å². The van der Waals surface area contributed by atoms with Crippen molar-refractivity contribution < 1.29 is 14.3 Å². The Labute approximate surface area is 187 Å². The van der Waals surface area contributed by atoms with Gasteiger partial charge in [-0.15, -0.1) is 0 Å². The van der Waals surface area contributed by atoms with Gasteiger partial charge >= 0.3 is 6.09 Å². The largest absolute Gasteiger partial charge is 0.442 e. The van der Waals surface area contributed by atoms with Gasteiger partial charge in [0.2, 0.25) is 11.3 Å². The Bertz CT molecular complexity index is 1050. The Balaban J connectivity index is 1.48. The lowest BCUT2D eigenvalue weighted by molar-refractivity contribution is -0.119. The zero-order valence-corrected chi connectivity index (χ0v) is 18.4. The molecule has 2 aromatic carbocycles. The summed E-state index contributed by atoms with van der Waals surface area (Å²) in [4.78, 5) is 41.9. The van der Waals surface area contributed by atoms with Crippen molar-refractivity contribution in [2.75, 3.05) is 56.1 Å². The van der Waals surface area contributed by atoms with Gasteiger partial charge in [-0.2, -0.15) is 0 Å². The molecule has 2 aliphatic rings. The molecule has 0 aliphatic carbocycles. The van der Waals surface area contributed by atoms with Gasteiger partial charge in [0.15, 0.2) is 0 Å². The number of hydrogen-bond acceptors (Lipinski definition) is 6. The Morgan fingerprint density at radius 2 is 1.59 bits per heavy atom. The fraction of sp³-hybridized carbons (Fsp3) is 0.375. The van der Waals surface area contributed by atoms with Gasteiger partial charge < -0.3 is 19.9 Å². The molecule has 1 N–H and O–H groups in total. The topological polar surface area (TPSA) is 82.2 Å². The monoisotopic (exact) mass is 436 g/mol. The van der Waals surface area contributed by atoms with Crippen LogP contribution in [-0.4, -0.2) is 69.3 Å². The second-order valence-electron chi connectivity index (χ2n) is 8.26. The van der Waals surface area contributed by atoms with E-state index in [1.54, 1.807) is 11.0 Å². The molecule has 8 nitrogen and oxygen atoms in total. The summed E-state index contributed by atoms with van der Waals surface area (Å²) in [6, 6.07) is 14.9. The molecule has 168 valence electrons. The summed E-state index contributed by atoms with van der Waals surface area (Å²) in [6.07, 6.45) is -0.797. The molecule has 2 amide bonds. The third-order valence-corrected chi connectivity index (χ3v) is 5.90. The van der Waals surface area contributed by atoms with Crippen LogP contribution in [0.5, 0.6) is 0 Å². The number of cyclic esters (lactones) is 1. The second-order valence-corrected chi connectivity index (χ2v) is 8.26. The van der Waals surface area contributed by atoms with Gasteiger partial charge in [0.25, 0.3) is 0 Å². The summed E-state index contributed by atoms with van der Waals surface area (Å²) in [7, 11) is 2.09. The molecular weight excluding hydrogens is 408 g/mol. The van der Waals surface area contributed by atoms with Crippen molar-refractivity contribution in [1.82, 2.24) is 10.2 Å². The van der Waals surface area contributed by atoms with Crippen LogP contribution in [-0.2, 0) is 9.53 Å². The lowest BCUT2D eigenvalue weighted by atomic mass is 10.1. The van der Waals surface area contributed by atoms with Crippen LogP contribution in [0.3, 0.4) is 0 Å². The van der Waals surface area contributed by atoms with Crippen LogP contribution in [0.1, 0.15) is 6.92 Å². The molecule has 0 aromatic heterocycles. The lowest BCUT2D eigenvalue weighted by Gasteiger charge is -2.33. The normalized spacial score (nSPS) is 19.1. The maximum absolute atomic E-state index is 12.6. The van der Waals surface area contributed by atoms with Crippen LogP contribution in [0.2, 0.25) is 0 Å². The Hall–Kier alpha value is -3.39. The van der Waals surface area contributed by atoms with Crippen molar-refractivity contribution in [2.45, 2.75) is 13.0 Å². The fourth-order valence-corrected chi connectivity index (χ4v) is 3.99. The average Bonchev–Trinajstić information content (AvgIpc) is 3.05. The number of anilines is 2. The molecule has 8 heteroatoms. The summed E-state index contributed by atoms with van der Waals surface area (Å²) in [6.45, 7) is 5.67. The fourth-order valence-electron chi connectivity index (χ4n) is 3.99. The first-order valence-electron chi connectivity index (χ1n) is 10.8. The molecule has 2 saturated heterocycles. The number of nitrogens with zero attached hydrogens (tertiary/aromatic N) is 3. The third kappa shape index (κ3) is 4.91. The Morgan fingerprint density at radius 1 is 0.969 bits per heavy atom. The van der Waals surface area contributed by atoms with Crippen LogP contribution in [0.25, 0.3) is 11.1 Å². The van der Waals surface area contributed by atoms with Gasteiger partial charge in [0.05, 0.1) is 18.8 Å². The first kappa shape index (κ1) is 21.8. The van der Waals surface area contributed by atoms with Crippen molar-refractivity contribution in [3.8, 4) is 11.1 Å². The van der Waals surface area contributed by atoms with E-state index < -0.39 is 6.09 Å². The van der Waals surface area contributed by atoms with Crippen molar-refractivity contribution in [2.24, 2.45) is 0 Å². The van der Waals surface area contributed by atoms with E-state index in [4.69, 9.17) is 4.74 Å². The lowest BCUT2D eigenvalue weighted by Crippen LogP contribution is -2.45. The standard InChI is InChI=1S/C24H28N4O4/c1-17(29)25-15-21-16-28(24(31)32-21)20-7-3-18(4-8-20)19-5-9-22(23(30)10-6-19)27-13-11-26(2)12-14-27/h3-10,21H,11-16H2,1-2H3,(H,25,29). The van der Waals surface area contributed by atoms with E-state index in [2.05, 4.69) is 22.2 Å². The minimum atomic E-state index is -0.424. The molecule has 1 unspecified atom stereocenters. The predicted octanol–water partition coefficient (Wildman–Crippen LogP) is 1.93. The summed E-state index contributed by atoms with van der Waals surface area (Å²) >= 11 is 0. The van der Waals surface area contributed by atoms with E-state index in [0.29, 0.717) is 13.1 Å². The molecule has 2 aliphatic heterocycles. The van der Waals surface area contributed by atoms with E-state index in [1.165, 1.54) is 6.92 Å². The highest BCUT2D eigenvalue weighted by Gasteiger charge is 2.32. The number of likely N-dealkylation sites (N-methyl/N-ethyl adjacent to an activating group) is 1.